The van der Waals surface area contributed by atoms with Gasteiger partial charge in [-0.3, -0.25) is 0 Å². The van der Waals surface area contributed by atoms with Crippen LogP contribution in [0.15, 0.2) is 35.5 Å². The first-order chi connectivity index (χ1) is 13.0. The van der Waals surface area contributed by atoms with Gasteiger partial charge in [0.1, 0.15) is 0 Å². The lowest BCUT2D eigenvalue weighted by Gasteiger charge is -2.39. The van der Waals surface area contributed by atoms with Crippen LogP contribution in [-0.4, -0.2) is 0 Å². The van der Waals surface area contributed by atoms with Crippen LogP contribution in [0.5, 0.6) is 0 Å². The van der Waals surface area contributed by atoms with Crippen molar-refractivity contribution in [3.8, 4) is 0 Å². The molecule has 0 aliphatic heterocycles. The predicted molar refractivity (Wildman–Crippen MR) is 119 cm³/mol. The first kappa shape index (κ1) is 20.9. The molecule has 0 unspecified atom stereocenters. The molecule has 3 rings (SSSR count). The molecule has 0 spiro atoms. The van der Waals surface area contributed by atoms with Crippen LogP contribution in [-0.2, 0) is 0 Å². The van der Waals surface area contributed by atoms with Crippen molar-refractivity contribution in [2.24, 2.45) is 35.5 Å². The summed E-state index contributed by atoms with van der Waals surface area (Å²) >= 11 is 0. The van der Waals surface area contributed by atoms with E-state index in [0.29, 0.717) is 0 Å². The molecule has 151 valence electrons. The molecule has 0 heterocycles. The number of hydrogen-bond donors (Lipinski definition) is 0. The fourth-order valence-corrected chi connectivity index (χ4v) is 6.24. The molecule has 27 heavy (non-hydrogen) atoms. The Hall–Kier alpha value is -0.780. The SMILES string of the molecule is C=C1CC[CH]C/C1=C/C=C1\CC[C@@H](C)[C@@H]2[C@@H]([C@H](C)CCCC(C)C)CC[C@H]12. The molecule has 0 aromatic rings. The summed E-state index contributed by atoms with van der Waals surface area (Å²) in [5.74, 6) is 5.45. The Bertz CT molecular complexity index is 561. The smallest absolute Gasteiger partial charge is 0.0166 e. The van der Waals surface area contributed by atoms with Gasteiger partial charge in [0, 0.05) is 0 Å². The van der Waals surface area contributed by atoms with Crippen molar-refractivity contribution in [1.29, 1.82) is 0 Å². The van der Waals surface area contributed by atoms with Crippen LogP contribution in [0.3, 0.4) is 0 Å². The summed E-state index contributed by atoms with van der Waals surface area (Å²) in [6, 6.07) is 0. The van der Waals surface area contributed by atoms with Gasteiger partial charge in [0.05, 0.1) is 0 Å². The lowest BCUT2D eigenvalue weighted by molar-refractivity contribution is 0.149. The van der Waals surface area contributed by atoms with E-state index in [1.807, 2.05) is 0 Å². The molecule has 3 aliphatic rings. The van der Waals surface area contributed by atoms with E-state index in [4.69, 9.17) is 0 Å². The zero-order valence-electron chi connectivity index (χ0n) is 18.5. The summed E-state index contributed by atoms with van der Waals surface area (Å²) in [5.41, 5.74) is 4.62. The Morgan fingerprint density at radius 1 is 1.07 bits per heavy atom. The highest BCUT2D eigenvalue weighted by Gasteiger charge is 2.44. The van der Waals surface area contributed by atoms with Gasteiger partial charge in [-0.05, 0) is 92.4 Å². The molecular weight excluding hydrogens is 324 g/mol. The van der Waals surface area contributed by atoms with Crippen molar-refractivity contribution in [3.05, 3.63) is 41.9 Å². The standard InChI is InChI=1S/C27H43/c1-19(2)9-8-11-21(4)25-17-18-26-24(14-13-22(5)27(25)26)16-15-23-12-7-6-10-20(23)3/h7,15-16,19,21-22,25-27H,3,6,8-14,17-18H2,1-2,4-5H3/b23-15-,24-16+/t21-,22-,25-,26-,27-/m1/s1. The normalized spacial score (nSPS) is 35.8. The molecule has 3 aliphatic carbocycles. The van der Waals surface area contributed by atoms with Gasteiger partial charge in [-0.15, -0.1) is 0 Å². The molecular formula is C27H43. The van der Waals surface area contributed by atoms with Gasteiger partial charge in [0.2, 0.25) is 0 Å². The number of rotatable bonds is 6. The molecule has 0 amide bonds. The largest absolute Gasteiger partial charge is 0.0956 e. The number of allylic oxidation sites excluding steroid dienone is 5. The summed E-state index contributed by atoms with van der Waals surface area (Å²) in [7, 11) is 0. The van der Waals surface area contributed by atoms with E-state index >= 15 is 0 Å². The van der Waals surface area contributed by atoms with Crippen molar-refractivity contribution in [2.75, 3.05) is 0 Å². The molecule has 0 bridgehead atoms. The maximum Gasteiger partial charge on any atom is -0.0166 e. The molecule has 0 aromatic heterocycles. The predicted octanol–water partition coefficient (Wildman–Crippen LogP) is 8.32. The van der Waals surface area contributed by atoms with Crippen molar-refractivity contribution in [1.82, 2.24) is 0 Å². The molecule has 0 heteroatoms. The quantitative estimate of drug-likeness (QED) is 0.442. The highest BCUT2D eigenvalue weighted by atomic mass is 14.5. The Morgan fingerprint density at radius 3 is 2.63 bits per heavy atom. The molecule has 3 saturated carbocycles. The third-order valence-corrected chi connectivity index (χ3v) is 7.93. The zero-order valence-corrected chi connectivity index (χ0v) is 18.5. The Balaban J connectivity index is 1.66. The average Bonchev–Trinajstić information content (AvgIpc) is 3.08. The van der Waals surface area contributed by atoms with E-state index in [2.05, 4.69) is 52.8 Å². The Kier molecular flexibility index (Phi) is 7.46. The van der Waals surface area contributed by atoms with Crippen LogP contribution >= 0.6 is 0 Å². The highest BCUT2D eigenvalue weighted by Crippen LogP contribution is 2.53. The van der Waals surface area contributed by atoms with Gasteiger partial charge in [0.25, 0.3) is 0 Å². The third kappa shape index (κ3) is 5.18. The Labute approximate surface area is 169 Å². The van der Waals surface area contributed by atoms with Crippen LogP contribution in [0.1, 0.15) is 91.9 Å². The van der Waals surface area contributed by atoms with Crippen LogP contribution in [0.2, 0.25) is 0 Å². The average molecular weight is 368 g/mol. The van der Waals surface area contributed by atoms with E-state index in [-0.39, 0.29) is 0 Å². The molecule has 3 fully saturated rings. The summed E-state index contributed by atoms with van der Waals surface area (Å²) in [6.07, 6.45) is 20.8. The molecule has 0 aromatic carbocycles. The fraction of sp³-hybridized carbons (Fsp3) is 0.741. The number of fused-ring (bicyclic) bond motifs is 1. The van der Waals surface area contributed by atoms with E-state index in [1.54, 1.807) is 5.57 Å². The molecule has 0 nitrogen and oxygen atoms in total. The van der Waals surface area contributed by atoms with Crippen LogP contribution < -0.4 is 0 Å². The van der Waals surface area contributed by atoms with Crippen molar-refractivity contribution >= 4 is 0 Å². The second-order valence-electron chi connectivity index (χ2n) is 10.3. The van der Waals surface area contributed by atoms with E-state index in [1.165, 1.54) is 62.5 Å². The second kappa shape index (κ2) is 9.62. The third-order valence-electron chi connectivity index (χ3n) is 7.93. The lowest BCUT2D eigenvalue weighted by atomic mass is 9.66. The maximum atomic E-state index is 4.30. The second-order valence-corrected chi connectivity index (χ2v) is 10.3. The van der Waals surface area contributed by atoms with Crippen LogP contribution in [0, 0.1) is 41.9 Å². The van der Waals surface area contributed by atoms with Crippen molar-refractivity contribution < 1.29 is 0 Å². The fourth-order valence-electron chi connectivity index (χ4n) is 6.24. The maximum absolute atomic E-state index is 4.30. The molecule has 5 atom stereocenters. The topological polar surface area (TPSA) is 0 Å². The summed E-state index contributed by atoms with van der Waals surface area (Å²) in [5, 5.41) is 0. The van der Waals surface area contributed by atoms with Crippen LogP contribution in [0.4, 0.5) is 0 Å². The molecule has 0 N–H and O–H groups in total. The monoisotopic (exact) mass is 367 g/mol. The summed E-state index contributed by atoms with van der Waals surface area (Å²) in [4.78, 5) is 0. The van der Waals surface area contributed by atoms with Gasteiger partial charge in [-0.25, -0.2) is 0 Å². The van der Waals surface area contributed by atoms with Gasteiger partial charge in [-0.1, -0.05) is 76.8 Å². The lowest BCUT2D eigenvalue weighted by Crippen LogP contribution is -2.31. The zero-order chi connectivity index (χ0) is 19.4. The minimum atomic E-state index is 0.858. The van der Waals surface area contributed by atoms with Crippen molar-refractivity contribution in [3.63, 3.8) is 0 Å². The summed E-state index contributed by atoms with van der Waals surface area (Å²) in [6.45, 7) is 14.1. The first-order valence-corrected chi connectivity index (χ1v) is 11.9. The Morgan fingerprint density at radius 2 is 1.89 bits per heavy atom. The van der Waals surface area contributed by atoms with Gasteiger partial charge >= 0.3 is 0 Å². The van der Waals surface area contributed by atoms with E-state index in [9.17, 15) is 0 Å². The molecule has 1 radical (unpaired) electrons. The van der Waals surface area contributed by atoms with Gasteiger partial charge in [-0.2, -0.15) is 0 Å². The van der Waals surface area contributed by atoms with Gasteiger partial charge in [0.15, 0.2) is 0 Å². The first-order valence-electron chi connectivity index (χ1n) is 11.9. The number of hydrogen-bond acceptors (Lipinski definition) is 0. The highest BCUT2D eigenvalue weighted by molar-refractivity contribution is 5.36. The van der Waals surface area contributed by atoms with E-state index in [0.717, 1.165) is 48.3 Å². The molecule has 0 saturated heterocycles. The van der Waals surface area contributed by atoms with Crippen molar-refractivity contribution in [2.45, 2.75) is 91.9 Å². The van der Waals surface area contributed by atoms with Gasteiger partial charge < -0.3 is 0 Å². The van der Waals surface area contributed by atoms with E-state index < -0.39 is 0 Å². The minimum Gasteiger partial charge on any atom is -0.0956 e. The minimum absolute atomic E-state index is 0.858. The van der Waals surface area contributed by atoms with Crippen LogP contribution in [0.25, 0.3) is 0 Å². The summed E-state index contributed by atoms with van der Waals surface area (Å²) < 4.78 is 0.